The predicted octanol–water partition coefficient (Wildman–Crippen LogP) is 1.78. The van der Waals surface area contributed by atoms with E-state index in [0.29, 0.717) is 25.9 Å². The zero-order valence-electron chi connectivity index (χ0n) is 15.9. The molecule has 0 aliphatic carbocycles. The number of rotatable bonds is 7. The molecule has 26 heavy (non-hydrogen) atoms. The Morgan fingerprint density at radius 2 is 1.85 bits per heavy atom. The first-order chi connectivity index (χ1) is 12.3. The molecule has 1 amide bonds. The van der Waals surface area contributed by atoms with E-state index in [4.69, 9.17) is 4.74 Å². The first-order valence-corrected chi connectivity index (χ1v) is 10.3. The topological polar surface area (TPSA) is 79.0 Å². The molecule has 1 aliphatic heterocycles. The molecule has 1 aromatic rings. The maximum absolute atomic E-state index is 12.6. The van der Waals surface area contributed by atoms with Crippen LogP contribution in [-0.4, -0.2) is 57.2 Å². The van der Waals surface area contributed by atoms with Crippen molar-refractivity contribution in [1.29, 1.82) is 0 Å². The van der Waals surface area contributed by atoms with E-state index in [9.17, 15) is 13.2 Å². The summed E-state index contributed by atoms with van der Waals surface area (Å²) < 4.78 is 32.2. The number of amides is 1. The van der Waals surface area contributed by atoms with Crippen molar-refractivity contribution in [3.05, 3.63) is 29.8 Å². The van der Waals surface area contributed by atoms with E-state index in [1.54, 1.807) is 7.11 Å². The molecule has 2 rings (SSSR count). The lowest BCUT2D eigenvalue weighted by molar-refractivity contribution is -0.126. The molecule has 1 unspecified atom stereocenters. The zero-order chi connectivity index (χ0) is 19.3. The van der Waals surface area contributed by atoms with E-state index in [1.165, 1.54) is 22.7 Å². The molecule has 8 heteroatoms. The standard InChI is InChI=1S/C18H29N3O4S/c1-5-17(14-6-8-16(25-4)9-7-14)19-18(22)15-10-12-21(13-11-15)26(23,24)20(2)3/h6-9,15,17H,5,10-13H2,1-4H3,(H,19,22). The number of nitrogens with one attached hydrogen (secondary N) is 1. The molecule has 1 fully saturated rings. The van der Waals surface area contributed by atoms with Gasteiger partial charge in [-0.15, -0.1) is 0 Å². The Balaban J connectivity index is 1.95. The quantitative estimate of drug-likeness (QED) is 0.778. The third kappa shape index (κ3) is 4.75. The van der Waals surface area contributed by atoms with Crippen LogP contribution in [0.4, 0.5) is 0 Å². The van der Waals surface area contributed by atoms with Gasteiger partial charge in [0, 0.05) is 33.1 Å². The van der Waals surface area contributed by atoms with Crippen LogP contribution in [0.2, 0.25) is 0 Å². The van der Waals surface area contributed by atoms with Gasteiger partial charge in [-0.05, 0) is 37.0 Å². The van der Waals surface area contributed by atoms with Crippen molar-refractivity contribution in [3.63, 3.8) is 0 Å². The van der Waals surface area contributed by atoms with Crippen LogP contribution >= 0.6 is 0 Å². The van der Waals surface area contributed by atoms with Gasteiger partial charge in [-0.3, -0.25) is 4.79 Å². The second kappa shape index (κ2) is 8.83. The van der Waals surface area contributed by atoms with Crippen molar-refractivity contribution in [2.75, 3.05) is 34.3 Å². The molecule has 0 bridgehead atoms. The number of carbonyl (C=O) groups excluding carboxylic acids is 1. The second-order valence-corrected chi connectivity index (χ2v) is 8.85. The summed E-state index contributed by atoms with van der Waals surface area (Å²) in [7, 11) is 1.26. The molecule has 1 heterocycles. The Kier molecular flexibility index (Phi) is 7.02. The van der Waals surface area contributed by atoms with Crippen LogP contribution in [0.3, 0.4) is 0 Å². The van der Waals surface area contributed by atoms with Crippen LogP contribution in [0.25, 0.3) is 0 Å². The Morgan fingerprint density at radius 1 is 1.27 bits per heavy atom. The van der Waals surface area contributed by atoms with E-state index < -0.39 is 10.2 Å². The Labute approximate surface area is 156 Å². The van der Waals surface area contributed by atoms with Gasteiger partial charge in [0.2, 0.25) is 5.91 Å². The number of ether oxygens (including phenoxy) is 1. The van der Waals surface area contributed by atoms with Crippen molar-refractivity contribution < 1.29 is 17.9 Å². The fourth-order valence-electron chi connectivity index (χ4n) is 3.13. The zero-order valence-corrected chi connectivity index (χ0v) is 16.8. The normalized spacial score (nSPS) is 17.9. The van der Waals surface area contributed by atoms with Crippen molar-refractivity contribution in [3.8, 4) is 5.75 Å². The lowest BCUT2D eigenvalue weighted by Crippen LogP contribution is -2.47. The van der Waals surface area contributed by atoms with Gasteiger partial charge in [-0.25, -0.2) is 0 Å². The van der Waals surface area contributed by atoms with E-state index in [2.05, 4.69) is 5.32 Å². The van der Waals surface area contributed by atoms with Gasteiger partial charge in [0.1, 0.15) is 5.75 Å². The number of hydrogen-bond donors (Lipinski definition) is 1. The minimum absolute atomic E-state index is 0.00503. The summed E-state index contributed by atoms with van der Waals surface area (Å²) in [6.07, 6.45) is 1.86. The van der Waals surface area contributed by atoms with Gasteiger partial charge in [-0.1, -0.05) is 19.1 Å². The van der Waals surface area contributed by atoms with Crippen LogP contribution in [0, 0.1) is 5.92 Å². The molecule has 146 valence electrons. The molecular weight excluding hydrogens is 354 g/mol. The Hall–Kier alpha value is -1.64. The maximum Gasteiger partial charge on any atom is 0.281 e. The van der Waals surface area contributed by atoms with E-state index in [1.807, 2.05) is 31.2 Å². The summed E-state index contributed by atoms with van der Waals surface area (Å²) in [5, 5.41) is 3.11. The fraction of sp³-hybridized carbons (Fsp3) is 0.611. The number of piperidine rings is 1. The van der Waals surface area contributed by atoms with Crippen LogP contribution in [-0.2, 0) is 15.0 Å². The van der Waals surface area contributed by atoms with E-state index >= 15 is 0 Å². The lowest BCUT2D eigenvalue weighted by Gasteiger charge is -2.32. The molecule has 0 saturated carbocycles. The third-order valence-corrected chi connectivity index (χ3v) is 6.80. The number of methoxy groups -OCH3 is 1. The van der Waals surface area contributed by atoms with Crippen LogP contribution < -0.4 is 10.1 Å². The number of hydrogen-bond acceptors (Lipinski definition) is 4. The van der Waals surface area contributed by atoms with Gasteiger partial charge < -0.3 is 10.1 Å². The van der Waals surface area contributed by atoms with E-state index in [-0.39, 0.29) is 17.9 Å². The fourth-order valence-corrected chi connectivity index (χ4v) is 4.26. The van der Waals surface area contributed by atoms with Crippen molar-refractivity contribution in [2.45, 2.75) is 32.2 Å². The number of nitrogens with zero attached hydrogens (tertiary/aromatic N) is 2. The summed E-state index contributed by atoms with van der Waals surface area (Å²) in [5.74, 6) is 0.620. The molecule has 0 aromatic heterocycles. The first kappa shape index (κ1) is 20.7. The second-order valence-electron chi connectivity index (χ2n) is 6.71. The molecule has 1 aliphatic rings. The van der Waals surface area contributed by atoms with Gasteiger partial charge in [0.05, 0.1) is 13.2 Å². The van der Waals surface area contributed by atoms with Crippen molar-refractivity contribution in [2.24, 2.45) is 5.92 Å². The summed E-state index contributed by atoms with van der Waals surface area (Å²) in [4.78, 5) is 12.6. The highest BCUT2D eigenvalue weighted by Gasteiger charge is 2.32. The third-order valence-electron chi connectivity index (χ3n) is 4.86. The van der Waals surface area contributed by atoms with Crippen LogP contribution in [0.5, 0.6) is 5.75 Å². The molecule has 0 spiro atoms. The summed E-state index contributed by atoms with van der Waals surface area (Å²) in [6, 6.07) is 7.62. The highest BCUT2D eigenvalue weighted by Crippen LogP contribution is 2.24. The molecule has 1 aromatic carbocycles. The lowest BCUT2D eigenvalue weighted by atomic mass is 9.95. The molecule has 1 saturated heterocycles. The average molecular weight is 384 g/mol. The molecule has 7 nitrogen and oxygen atoms in total. The van der Waals surface area contributed by atoms with Crippen molar-refractivity contribution in [1.82, 2.24) is 13.9 Å². The average Bonchev–Trinajstić information content (AvgIpc) is 2.66. The molecular formula is C18H29N3O4S. The van der Waals surface area contributed by atoms with Gasteiger partial charge in [0.25, 0.3) is 10.2 Å². The number of carbonyl (C=O) groups is 1. The molecule has 1 N–H and O–H groups in total. The molecule has 0 radical (unpaired) electrons. The van der Waals surface area contributed by atoms with Crippen molar-refractivity contribution >= 4 is 16.1 Å². The summed E-state index contributed by atoms with van der Waals surface area (Å²) in [6.45, 7) is 2.78. The Bertz CT molecular complexity index is 696. The highest BCUT2D eigenvalue weighted by atomic mass is 32.2. The summed E-state index contributed by atoms with van der Waals surface area (Å²) in [5.41, 5.74) is 1.04. The monoisotopic (exact) mass is 383 g/mol. The van der Waals surface area contributed by atoms with E-state index in [0.717, 1.165) is 17.7 Å². The number of benzene rings is 1. The van der Waals surface area contributed by atoms with Crippen LogP contribution in [0.15, 0.2) is 24.3 Å². The maximum atomic E-state index is 12.6. The summed E-state index contributed by atoms with van der Waals surface area (Å²) >= 11 is 0. The molecule has 1 atom stereocenters. The smallest absolute Gasteiger partial charge is 0.281 e. The van der Waals surface area contributed by atoms with Gasteiger partial charge >= 0.3 is 0 Å². The first-order valence-electron chi connectivity index (χ1n) is 8.91. The minimum atomic E-state index is -3.40. The Morgan fingerprint density at radius 3 is 2.31 bits per heavy atom. The van der Waals surface area contributed by atoms with Gasteiger partial charge in [-0.2, -0.15) is 17.0 Å². The predicted molar refractivity (Wildman–Crippen MR) is 101 cm³/mol. The SMILES string of the molecule is CCC(NC(=O)C1CCN(S(=O)(=O)N(C)C)CC1)c1ccc(OC)cc1. The highest BCUT2D eigenvalue weighted by molar-refractivity contribution is 7.86. The minimum Gasteiger partial charge on any atom is -0.497 e. The van der Waals surface area contributed by atoms with Gasteiger partial charge in [0.15, 0.2) is 0 Å². The van der Waals surface area contributed by atoms with Crippen LogP contribution in [0.1, 0.15) is 37.8 Å². The largest absolute Gasteiger partial charge is 0.497 e.